The van der Waals surface area contributed by atoms with Gasteiger partial charge in [-0.05, 0) is 38.3 Å². The van der Waals surface area contributed by atoms with Crippen LogP contribution >= 0.6 is 0 Å². The molecule has 3 atom stereocenters. The first-order chi connectivity index (χ1) is 11.1. The van der Waals surface area contributed by atoms with Gasteiger partial charge in [0, 0.05) is 18.3 Å². The van der Waals surface area contributed by atoms with Gasteiger partial charge in [0.1, 0.15) is 12.1 Å². The molecule has 1 aromatic rings. The third kappa shape index (κ3) is 1.97. The molecule has 4 rings (SSSR count). The number of nitrogens with zero attached hydrogens (tertiary/aromatic N) is 3. The molecule has 23 heavy (non-hydrogen) atoms. The Bertz CT molecular complexity index is 653. The smallest absolute Gasteiger partial charge is 0.312 e. The highest BCUT2D eigenvalue weighted by atomic mass is 16.2. The molecule has 0 spiro atoms. The number of hydrogen-bond acceptors (Lipinski definition) is 3. The highest BCUT2D eigenvalue weighted by Gasteiger charge is 2.54. The lowest BCUT2D eigenvalue weighted by Gasteiger charge is -2.23. The van der Waals surface area contributed by atoms with Gasteiger partial charge in [0.05, 0.1) is 0 Å². The molecule has 4 amide bonds. The zero-order chi connectivity index (χ0) is 16.1. The van der Waals surface area contributed by atoms with Crippen molar-refractivity contribution in [1.82, 2.24) is 9.80 Å². The molecule has 3 aliphatic heterocycles. The number of fused-ring (bicyclic) bond motifs is 1. The normalized spacial score (nSPS) is 30.6. The maximum atomic E-state index is 12.9. The molecule has 0 saturated carbocycles. The molecular formula is C17H19N3O3. The van der Waals surface area contributed by atoms with Gasteiger partial charge in [-0.1, -0.05) is 18.2 Å². The summed E-state index contributed by atoms with van der Waals surface area (Å²) in [7, 11) is 0. The number of carbonyl (C=O) groups excluding carboxylic acids is 3. The number of carbonyl (C=O) groups is 3. The average Bonchev–Trinajstić information content (AvgIpc) is 3.19. The minimum absolute atomic E-state index is 0.0362. The van der Waals surface area contributed by atoms with Crippen molar-refractivity contribution in [1.29, 1.82) is 0 Å². The zero-order valence-corrected chi connectivity index (χ0v) is 13.0. The SMILES string of the molecule is C[C@@H]1C[C@H](N2C(=O)[C@H]3CCCN3C2=O)C(=O)N1c1ccccc1. The van der Waals surface area contributed by atoms with E-state index in [2.05, 4.69) is 0 Å². The van der Waals surface area contributed by atoms with E-state index in [-0.39, 0.29) is 29.9 Å². The molecule has 3 saturated heterocycles. The molecule has 0 radical (unpaired) electrons. The molecule has 3 fully saturated rings. The van der Waals surface area contributed by atoms with Crippen LogP contribution in [0.3, 0.4) is 0 Å². The van der Waals surface area contributed by atoms with Gasteiger partial charge in [0.15, 0.2) is 0 Å². The van der Waals surface area contributed by atoms with Gasteiger partial charge in [-0.2, -0.15) is 0 Å². The molecular weight excluding hydrogens is 294 g/mol. The molecule has 0 unspecified atom stereocenters. The minimum atomic E-state index is -0.671. The predicted octanol–water partition coefficient (Wildman–Crippen LogP) is 1.61. The first-order valence-electron chi connectivity index (χ1n) is 8.11. The lowest BCUT2D eigenvalue weighted by atomic mass is 10.1. The number of urea groups is 1. The highest BCUT2D eigenvalue weighted by Crippen LogP contribution is 2.35. The van der Waals surface area contributed by atoms with Gasteiger partial charge in [-0.3, -0.25) is 9.59 Å². The van der Waals surface area contributed by atoms with E-state index in [0.717, 1.165) is 12.1 Å². The van der Waals surface area contributed by atoms with E-state index < -0.39 is 6.04 Å². The second kappa shape index (κ2) is 5.08. The molecule has 120 valence electrons. The molecule has 6 nitrogen and oxygen atoms in total. The van der Waals surface area contributed by atoms with Crippen molar-refractivity contribution in [2.24, 2.45) is 0 Å². The van der Waals surface area contributed by atoms with Gasteiger partial charge >= 0.3 is 6.03 Å². The van der Waals surface area contributed by atoms with Crippen molar-refractivity contribution in [3.8, 4) is 0 Å². The van der Waals surface area contributed by atoms with Gasteiger partial charge in [0.25, 0.3) is 11.8 Å². The number of hydrogen-bond donors (Lipinski definition) is 0. The monoisotopic (exact) mass is 313 g/mol. The Kier molecular flexibility index (Phi) is 3.14. The fourth-order valence-corrected chi connectivity index (χ4v) is 4.03. The Balaban J connectivity index is 1.63. The van der Waals surface area contributed by atoms with Crippen LogP contribution in [0.5, 0.6) is 0 Å². The predicted molar refractivity (Wildman–Crippen MR) is 83.8 cm³/mol. The first kappa shape index (κ1) is 14.2. The Labute approximate surface area is 134 Å². The van der Waals surface area contributed by atoms with E-state index in [1.807, 2.05) is 37.3 Å². The van der Waals surface area contributed by atoms with Gasteiger partial charge in [-0.25, -0.2) is 9.69 Å². The van der Waals surface area contributed by atoms with Crippen LogP contribution in [-0.2, 0) is 9.59 Å². The zero-order valence-electron chi connectivity index (χ0n) is 13.0. The Morgan fingerprint density at radius 3 is 2.35 bits per heavy atom. The summed E-state index contributed by atoms with van der Waals surface area (Å²) < 4.78 is 0. The lowest BCUT2D eigenvalue weighted by Crippen LogP contribution is -2.46. The third-order valence-electron chi connectivity index (χ3n) is 5.10. The number of amides is 4. The van der Waals surface area contributed by atoms with E-state index in [0.29, 0.717) is 19.4 Å². The lowest BCUT2D eigenvalue weighted by molar-refractivity contribution is -0.133. The fraction of sp³-hybridized carbons (Fsp3) is 0.471. The summed E-state index contributed by atoms with van der Waals surface area (Å²) in [6, 6.07) is 8.06. The van der Waals surface area contributed by atoms with Crippen molar-refractivity contribution < 1.29 is 14.4 Å². The Hall–Kier alpha value is -2.37. The molecule has 3 heterocycles. The maximum Gasteiger partial charge on any atom is 0.328 e. The summed E-state index contributed by atoms with van der Waals surface area (Å²) >= 11 is 0. The van der Waals surface area contributed by atoms with Gasteiger partial charge in [-0.15, -0.1) is 0 Å². The van der Waals surface area contributed by atoms with Crippen molar-refractivity contribution in [2.45, 2.75) is 44.3 Å². The van der Waals surface area contributed by atoms with Gasteiger partial charge in [0.2, 0.25) is 0 Å². The van der Waals surface area contributed by atoms with Crippen molar-refractivity contribution >= 4 is 23.5 Å². The van der Waals surface area contributed by atoms with Crippen LogP contribution in [0.1, 0.15) is 26.2 Å². The number of imide groups is 1. The molecule has 0 N–H and O–H groups in total. The van der Waals surface area contributed by atoms with Crippen LogP contribution in [0.25, 0.3) is 0 Å². The quantitative estimate of drug-likeness (QED) is 0.779. The van der Waals surface area contributed by atoms with E-state index >= 15 is 0 Å². The standard InChI is InChI=1S/C17H19N3O3/c1-11-10-14(16(22)19(11)12-6-3-2-4-7-12)20-15(21)13-8-5-9-18(13)17(20)23/h2-4,6-7,11,13-14H,5,8-10H2,1H3/t11-,13-,14+/m1/s1. The minimum Gasteiger partial charge on any atom is -0.312 e. The van der Waals surface area contributed by atoms with E-state index in [1.54, 1.807) is 9.80 Å². The van der Waals surface area contributed by atoms with Crippen molar-refractivity contribution in [3.05, 3.63) is 30.3 Å². The summed E-state index contributed by atoms with van der Waals surface area (Å²) in [5.41, 5.74) is 0.812. The molecule has 6 heteroatoms. The summed E-state index contributed by atoms with van der Waals surface area (Å²) in [5, 5.41) is 0. The summed E-state index contributed by atoms with van der Waals surface area (Å²) in [6.45, 7) is 2.57. The van der Waals surface area contributed by atoms with Crippen LogP contribution in [0.4, 0.5) is 10.5 Å². The molecule has 3 aliphatic rings. The summed E-state index contributed by atoms with van der Waals surface area (Å²) in [5.74, 6) is -0.362. The third-order valence-corrected chi connectivity index (χ3v) is 5.10. The van der Waals surface area contributed by atoms with Crippen LogP contribution in [-0.4, -0.2) is 52.3 Å². The van der Waals surface area contributed by atoms with Crippen molar-refractivity contribution in [2.75, 3.05) is 11.4 Å². The first-order valence-corrected chi connectivity index (χ1v) is 8.11. The summed E-state index contributed by atoms with van der Waals surface area (Å²) in [6.07, 6.45) is 2.06. The number of anilines is 1. The van der Waals surface area contributed by atoms with Crippen LogP contribution in [0, 0.1) is 0 Å². The summed E-state index contributed by atoms with van der Waals surface area (Å²) in [4.78, 5) is 42.5. The van der Waals surface area contributed by atoms with Gasteiger partial charge < -0.3 is 9.80 Å². The topological polar surface area (TPSA) is 60.9 Å². The van der Waals surface area contributed by atoms with E-state index in [4.69, 9.17) is 0 Å². The molecule has 0 aliphatic carbocycles. The van der Waals surface area contributed by atoms with Crippen LogP contribution < -0.4 is 4.90 Å². The Morgan fingerprint density at radius 1 is 0.957 bits per heavy atom. The van der Waals surface area contributed by atoms with Crippen LogP contribution in [0.15, 0.2) is 30.3 Å². The van der Waals surface area contributed by atoms with Crippen molar-refractivity contribution in [3.63, 3.8) is 0 Å². The molecule has 0 aromatic heterocycles. The average molecular weight is 313 g/mol. The van der Waals surface area contributed by atoms with E-state index in [9.17, 15) is 14.4 Å². The fourth-order valence-electron chi connectivity index (χ4n) is 4.03. The number of benzene rings is 1. The Morgan fingerprint density at radius 2 is 1.65 bits per heavy atom. The number of rotatable bonds is 2. The molecule has 0 bridgehead atoms. The largest absolute Gasteiger partial charge is 0.328 e. The maximum absolute atomic E-state index is 12.9. The number of para-hydroxylation sites is 1. The highest BCUT2D eigenvalue weighted by molar-refractivity contribution is 6.11. The second-order valence-corrected chi connectivity index (χ2v) is 6.49. The van der Waals surface area contributed by atoms with Crippen LogP contribution in [0.2, 0.25) is 0 Å². The molecule has 1 aromatic carbocycles. The van der Waals surface area contributed by atoms with E-state index in [1.165, 1.54) is 4.90 Å². The second-order valence-electron chi connectivity index (χ2n) is 6.49.